The molecule has 0 spiro atoms. The molecule has 0 radical (unpaired) electrons. The van der Waals surface area contributed by atoms with Gasteiger partial charge in [-0.1, -0.05) is 0 Å². The van der Waals surface area contributed by atoms with E-state index in [-0.39, 0.29) is 49.9 Å². The minimum Gasteiger partial charge on any atom is -0.444 e. The minimum atomic E-state index is -3.59. The molecule has 11 nitrogen and oxygen atoms in total. The first-order valence-corrected chi connectivity index (χ1v) is 15.7. The van der Waals surface area contributed by atoms with E-state index in [0.717, 1.165) is 0 Å². The molecule has 1 unspecified atom stereocenters. The predicted octanol–water partition coefficient (Wildman–Crippen LogP) is 2.50. The molecule has 0 bridgehead atoms. The van der Waals surface area contributed by atoms with E-state index in [0.29, 0.717) is 49.9 Å². The van der Waals surface area contributed by atoms with E-state index in [1.807, 2.05) is 0 Å². The summed E-state index contributed by atoms with van der Waals surface area (Å²) >= 11 is 0. The van der Waals surface area contributed by atoms with Crippen molar-refractivity contribution in [1.82, 2.24) is 19.4 Å². The molecule has 4 aliphatic rings. The highest BCUT2D eigenvalue weighted by Gasteiger charge is 2.42. The summed E-state index contributed by atoms with van der Waals surface area (Å²) in [6.45, 7) is 6.67. The molecule has 1 aromatic carbocycles. The molecule has 13 heteroatoms. The number of imide groups is 1. The van der Waals surface area contributed by atoms with E-state index >= 15 is 0 Å². The van der Waals surface area contributed by atoms with Gasteiger partial charge in [-0.2, -0.15) is 0 Å². The zero-order valence-electron chi connectivity index (χ0n) is 23.7. The molecular formula is C28H37FN4O7S. The zero-order valence-corrected chi connectivity index (χ0v) is 24.5. The first-order chi connectivity index (χ1) is 19.2. The van der Waals surface area contributed by atoms with Crippen LogP contribution in [0.4, 0.5) is 9.18 Å². The highest BCUT2D eigenvalue weighted by Crippen LogP contribution is 2.38. The number of nitrogens with one attached hydrogen (secondary N) is 1. The van der Waals surface area contributed by atoms with Crippen molar-refractivity contribution < 1.29 is 36.7 Å². The Morgan fingerprint density at radius 3 is 2.27 bits per heavy atom. The van der Waals surface area contributed by atoms with E-state index in [4.69, 9.17) is 4.74 Å². The summed E-state index contributed by atoms with van der Waals surface area (Å²) in [4.78, 5) is 52.5. The van der Waals surface area contributed by atoms with Gasteiger partial charge in [-0.3, -0.25) is 19.7 Å². The molecule has 0 aliphatic carbocycles. The number of amides is 4. The SMILES string of the molecule is CC(C)(C)OC(=O)N1CCC(S(=O)(=O)N2CCC(c3cc(F)cc4c3CN(C3CCC(=O)NC3=O)C4=O)CC2)CC1. The number of piperidine rings is 3. The Labute approximate surface area is 239 Å². The lowest BCUT2D eigenvalue weighted by Gasteiger charge is -2.37. The van der Waals surface area contributed by atoms with Gasteiger partial charge in [-0.15, -0.1) is 0 Å². The van der Waals surface area contributed by atoms with Crippen LogP contribution in [-0.2, 0) is 30.9 Å². The fraction of sp³-hybridized carbons (Fsp3) is 0.643. The highest BCUT2D eigenvalue weighted by molar-refractivity contribution is 7.89. The number of benzene rings is 1. The Morgan fingerprint density at radius 1 is 1.00 bits per heavy atom. The van der Waals surface area contributed by atoms with E-state index in [2.05, 4.69) is 5.32 Å². The lowest BCUT2D eigenvalue weighted by atomic mass is 9.86. The molecule has 0 aromatic heterocycles. The topological polar surface area (TPSA) is 133 Å². The van der Waals surface area contributed by atoms with E-state index < -0.39 is 50.6 Å². The lowest BCUT2D eigenvalue weighted by molar-refractivity contribution is -0.136. The Bertz CT molecular complexity index is 1360. The molecule has 3 saturated heterocycles. The van der Waals surface area contributed by atoms with Crippen molar-refractivity contribution in [1.29, 1.82) is 0 Å². The fourth-order valence-corrected chi connectivity index (χ4v) is 8.26. The van der Waals surface area contributed by atoms with Gasteiger partial charge in [0, 0.05) is 44.7 Å². The van der Waals surface area contributed by atoms with Crippen molar-refractivity contribution >= 4 is 33.8 Å². The van der Waals surface area contributed by atoms with Crippen LogP contribution in [0.2, 0.25) is 0 Å². The summed E-state index contributed by atoms with van der Waals surface area (Å²) in [7, 11) is -3.59. The number of rotatable bonds is 4. The van der Waals surface area contributed by atoms with Crippen molar-refractivity contribution in [2.45, 2.75) is 88.7 Å². The monoisotopic (exact) mass is 592 g/mol. The maximum Gasteiger partial charge on any atom is 0.410 e. The van der Waals surface area contributed by atoms with E-state index in [1.54, 1.807) is 25.7 Å². The standard InChI is InChI=1S/C28H37FN4O7S/c1-28(2,3)40-27(37)31-10-8-19(9-11-31)41(38,39)32-12-6-17(7-13-32)20-14-18(29)15-21-22(20)16-33(26(21)36)23-4-5-24(34)30-25(23)35/h14-15,17,19,23H,4-13,16H2,1-3H3,(H,30,34,35). The van der Waals surface area contributed by atoms with Gasteiger partial charge in [0.05, 0.1) is 5.25 Å². The molecule has 1 N–H and O–H groups in total. The van der Waals surface area contributed by atoms with Crippen LogP contribution in [0.1, 0.15) is 86.7 Å². The summed E-state index contributed by atoms with van der Waals surface area (Å²) in [6.07, 6.45) is 1.51. The average molecular weight is 593 g/mol. The number of carbonyl (C=O) groups is 4. The smallest absolute Gasteiger partial charge is 0.410 e. The number of likely N-dealkylation sites (tertiary alicyclic amines) is 1. The number of ether oxygens (including phenoxy) is 1. The Morgan fingerprint density at radius 2 is 1.66 bits per heavy atom. The van der Waals surface area contributed by atoms with Crippen LogP contribution in [-0.4, -0.2) is 89.4 Å². The second kappa shape index (κ2) is 11.0. The summed E-state index contributed by atoms with van der Waals surface area (Å²) in [5.41, 5.74) is 0.933. The summed E-state index contributed by atoms with van der Waals surface area (Å²) in [6, 6.07) is 1.81. The van der Waals surface area contributed by atoms with Gasteiger partial charge in [-0.25, -0.2) is 21.9 Å². The van der Waals surface area contributed by atoms with Crippen molar-refractivity contribution in [3.05, 3.63) is 34.6 Å². The normalized spacial score (nSPS) is 23.5. The molecule has 4 heterocycles. The molecule has 1 atom stereocenters. The average Bonchev–Trinajstić information content (AvgIpc) is 3.23. The quantitative estimate of drug-likeness (QED) is 0.531. The number of hydrogen-bond donors (Lipinski definition) is 1. The van der Waals surface area contributed by atoms with Gasteiger partial charge in [0.1, 0.15) is 17.5 Å². The van der Waals surface area contributed by atoms with Crippen LogP contribution >= 0.6 is 0 Å². The van der Waals surface area contributed by atoms with Crippen LogP contribution in [0.3, 0.4) is 0 Å². The molecule has 41 heavy (non-hydrogen) atoms. The number of halogens is 1. The molecule has 4 aliphatic heterocycles. The number of sulfonamides is 1. The number of carbonyl (C=O) groups excluding carboxylic acids is 4. The summed E-state index contributed by atoms with van der Waals surface area (Å²) in [5.74, 6) is -2.04. The van der Waals surface area contributed by atoms with Crippen molar-refractivity contribution in [3.8, 4) is 0 Å². The summed E-state index contributed by atoms with van der Waals surface area (Å²) < 4.78 is 48.5. The molecule has 224 valence electrons. The van der Waals surface area contributed by atoms with Crippen LogP contribution in [0.15, 0.2) is 12.1 Å². The minimum absolute atomic E-state index is 0.130. The second-order valence-corrected chi connectivity index (χ2v) is 14.5. The number of hydrogen-bond acceptors (Lipinski definition) is 7. The molecule has 1 aromatic rings. The van der Waals surface area contributed by atoms with Gasteiger partial charge < -0.3 is 14.5 Å². The van der Waals surface area contributed by atoms with E-state index in [1.165, 1.54) is 21.3 Å². The van der Waals surface area contributed by atoms with Gasteiger partial charge in [-0.05, 0) is 82.1 Å². The highest BCUT2D eigenvalue weighted by atomic mass is 32.2. The first kappa shape index (κ1) is 29.4. The van der Waals surface area contributed by atoms with Crippen LogP contribution in [0.25, 0.3) is 0 Å². The molecular weight excluding hydrogens is 555 g/mol. The van der Waals surface area contributed by atoms with Gasteiger partial charge >= 0.3 is 6.09 Å². The van der Waals surface area contributed by atoms with Crippen molar-refractivity contribution in [2.24, 2.45) is 0 Å². The molecule has 3 fully saturated rings. The predicted molar refractivity (Wildman–Crippen MR) is 146 cm³/mol. The number of nitrogens with zero attached hydrogens (tertiary/aromatic N) is 3. The summed E-state index contributed by atoms with van der Waals surface area (Å²) in [5, 5.41) is 1.68. The third-order valence-corrected chi connectivity index (χ3v) is 10.8. The van der Waals surface area contributed by atoms with Crippen molar-refractivity contribution in [3.63, 3.8) is 0 Å². The van der Waals surface area contributed by atoms with Crippen LogP contribution in [0, 0.1) is 5.82 Å². The van der Waals surface area contributed by atoms with Gasteiger partial charge in [0.2, 0.25) is 21.8 Å². The zero-order chi connectivity index (χ0) is 29.7. The first-order valence-electron chi connectivity index (χ1n) is 14.2. The largest absolute Gasteiger partial charge is 0.444 e. The Balaban J connectivity index is 1.23. The Kier molecular flexibility index (Phi) is 7.88. The van der Waals surface area contributed by atoms with Gasteiger partial charge in [0.15, 0.2) is 0 Å². The second-order valence-electron chi connectivity index (χ2n) is 12.3. The number of fused-ring (bicyclic) bond motifs is 1. The lowest BCUT2D eigenvalue weighted by Crippen LogP contribution is -2.52. The molecule has 5 rings (SSSR count). The van der Waals surface area contributed by atoms with E-state index in [9.17, 15) is 32.0 Å². The molecule has 4 amide bonds. The Hall–Kier alpha value is -3.06. The fourth-order valence-electron chi connectivity index (χ4n) is 6.31. The third kappa shape index (κ3) is 5.97. The maximum atomic E-state index is 14.7. The maximum absolute atomic E-state index is 14.7. The van der Waals surface area contributed by atoms with Crippen molar-refractivity contribution in [2.75, 3.05) is 26.2 Å². The van der Waals surface area contributed by atoms with Crippen LogP contribution < -0.4 is 5.32 Å². The third-order valence-electron chi connectivity index (χ3n) is 8.42. The molecule has 0 saturated carbocycles. The van der Waals surface area contributed by atoms with Crippen LogP contribution in [0.5, 0.6) is 0 Å². The van der Waals surface area contributed by atoms with Gasteiger partial charge in [0.25, 0.3) is 5.91 Å².